The largest absolute Gasteiger partial charge is 0.271 e. The van der Waals surface area contributed by atoms with E-state index < -0.39 is 0 Å². The third-order valence-corrected chi connectivity index (χ3v) is 5.01. The van der Waals surface area contributed by atoms with Crippen molar-refractivity contribution in [2.45, 2.75) is 52.0 Å². The third kappa shape index (κ3) is 3.50. The van der Waals surface area contributed by atoms with Crippen molar-refractivity contribution in [3.63, 3.8) is 0 Å². The van der Waals surface area contributed by atoms with Crippen LogP contribution < -0.4 is 11.3 Å². The van der Waals surface area contributed by atoms with Gasteiger partial charge in [-0.2, -0.15) is 0 Å². The standard InChI is InChI=1S/C16H25ClN2/c1-3-12-5-4-6-13(9-12)16(19-18)14-8-7-11(2)15(17)10-14/h7-8,10,12-13,16,19H,3-6,9,18H2,1-2H3. The van der Waals surface area contributed by atoms with E-state index in [4.69, 9.17) is 17.4 Å². The van der Waals surface area contributed by atoms with Crippen LogP contribution in [0.1, 0.15) is 56.2 Å². The molecule has 0 amide bonds. The van der Waals surface area contributed by atoms with E-state index in [1.165, 1.54) is 37.7 Å². The van der Waals surface area contributed by atoms with Crippen LogP contribution in [0.15, 0.2) is 18.2 Å². The lowest BCUT2D eigenvalue weighted by Gasteiger charge is -2.34. The molecule has 3 N–H and O–H groups in total. The molecule has 0 aromatic heterocycles. The highest BCUT2D eigenvalue weighted by atomic mass is 35.5. The zero-order valence-electron chi connectivity index (χ0n) is 12.0. The topological polar surface area (TPSA) is 38.0 Å². The Morgan fingerprint density at radius 3 is 2.84 bits per heavy atom. The van der Waals surface area contributed by atoms with E-state index in [0.29, 0.717) is 5.92 Å². The van der Waals surface area contributed by atoms with Crippen LogP contribution in [0.4, 0.5) is 0 Å². The lowest BCUT2D eigenvalue weighted by molar-refractivity contribution is 0.210. The number of rotatable bonds is 4. The molecule has 1 fully saturated rings. The van der Waals surface area contributed by atoms with Gasteiger partial charge in [-0.05, 0) is 48.8 Å². The van der Waals surface area contributed by atoms with Crippen LogP contribution in [-0.4, -0.2) is 0 Å². The molecule has 1 aromatic carbocycles. The molecule has 19 heavy (non-hydrogen) atoms. The summed E-state index contributed by atoms with van der Waals surface area (Å²) in [5.41, 5.74) is 5.36. The number of halogens is 1. The number of hydrazine groups is 1. The molecular formula is C16H25ClN2. The minimum absolute atomic E-state index is 0.229. The Balaban J connectivity index is 2.16. The number of hydrogen-bond acceptors (Lipinski definition) is 2. The molecular weight excluding hydrogens is 256 g/mol. The summed E-state index contributed by atoms with van der Waals surface area (Å²) in [5.74, 6) is 7.30. The normalized spacial score (nSPS) is 25.3. The number of hydrogen-bond donors (Lipinski definition) is 2. The molecule has 0 aliphatic heterocycles. The predicted octanol–water partition coefficient (Wildman–Crippen LogP) is 4.37. The molecule has 3 atom stereocenters. The van der Waals surface area contributed by atoms with Gasteiger partial charge < -0.3 is 0 Å². The zero-order valence-corrected chi connectivity index (χ0v) is 12.7. The SMILES string of the molecule is CCC1CCCC(C(NN)c2ccc(C)c(Cl)c2)C1. The monoisotopic (exact) mass is 280 g/mol. The maximum Gasteiger partial charge on any atom is 0.0488 e. The second-order valence-electron chi connectivity index (χ2n) is 5.85. The van der Waals surface area contributed by atoms with Gasteiger partial charge in [-0.25, -0.2) is 0 Å². The summed E-state index contributed by atoms with van der Waals surface area (Å²) in [7, 11) is 0. The first-order valence-electron chi connectivity index (χ1n) is 7.37. The Morgan fingerprint density at radius 2 is 2.21 bits per heavy atom. The molecule has 0 spiro atoms. The average molecular weight is 281 g/mol. The van der Waals surface area contributed by atoms with Crippen molar-refractivity contribution in [3.8, 4) is 0 Å². The molecule has 2 rings (SSSR count). The van der Waals surface area contributed by atoms with Gasteiger partial charge in [0.2, 0.25) is 0 Å². The van der Waals surface area contributed by atoms with Crippen LogP contribution in [0.25, 0.3) is 0 Å². The average Bonchev–Trinajstić information content (AvgIpc) is 2.44. The molecule has 2 nitrogen and oxygen atoms in total. The van der Waals surface area contributed by atoms with Gasteiger partial charge in [0.1, 0.15) is 0 Å². The minimum Gasteiger partial charge on any atom is -0.271 e. The summed E-state index contributed by atoms with van der Waals surface area (Å²) in [6, 6.07) is 6.54. The van der Waals surface area contributed by atoms with Crippen molar-refractivity contribution in [2.75, 3.05) is 0 Å². The smallest absolute Gasteiger partial charge is 0.0488 e. The Bertz CT molecular complexity index is 419. The molecule has 1 aliphatic rings. The van der Waals surface area contributed by atoms with Gasteiger partial charge in [-0.3, -0.25) is 11.3 Å². The lowest BCUT2D eigenvalue weighted by atomic mass is 9.75. The van der Waals surface area contributed by atoms with Gasteiger partial charge in [0.25, 0.3) is 0 Å². The van der Waals surface area contributed by atoms with Gasteiger partial charge in [-0.15, -0.1) is 0 Å². The van der Waals surface area contributed by atoms with E-state index in [2.05, 4.69) is 30.5 Å². The number of benzene rings is 1. The molecule has 1 aromatic rings. The Morgan fingerprint density at radius 1 is 1.42 bits per heavy atom. The summed E-state index contributed by atoms with van der Waals surface area (Å²) in [6.07, 6.45) is 6.51. The van der Waals surface area contributed by atoms with Crippen molar-refractivity contribution in [1.29, 1.82) is 0 Å². The van der Waals surface area contributed by atoms with Crippen LogP contribution in [0.2, 0.25) is 5.02 Å². The van der Waals surface area contributed by atoms with Gasteiger partial charge in [0.15, 0.2) is 0 Å². The molecule has 106 valence electrons. The van der Waals surface area contributed by atoms with E-state index >= 15 is 0 Å². The number of nitrogens with one attached hydrogen (secondary N) is 1. The fraction of sp³-hybridized carbons (Fsp3) is 0.625. The fourth-order valence-corrected chi connectivity index (χ4v) is 3.50. The summed E-state index contributed by atoms with van der Waals surface area (Å²) in [5, 5.41) is 0.834. The van der Waals surface area contributed by atoms with Crippen LogP contribution in [0.5, 0.6) is 0 Å². The third-order valence-electron chi connectivity index (χ3n) is 4.61. The van der Waals surface area contributed by atoms with E-state index in [-0.39, 0.29) is 6.04 Å². The van der Waals surface area contributed by atoms with Crippen LogP contribution >= 0.6 is 11.6 Å². The zero-order chi connectivity index (χ0) is 13.8. The Hall–Kier alpha value is -0.570. The second-order valence-corrected chi connectivity index (χ2v) is 6.26. The number of nitrogens with two attached hydrogens (primary N) is 1. The molecule has 1 aliphatic carbocycles. The van der Waals surface area contributed by atoms with Gasteiger partial charge in [-0.1, -0.05) is 49.9 Å². The first kappa shape index (κ1) is 14.8. The van der Waals surface area contributed by atoms with Crippen molar-refractivity contribution >= 4 is 11.6 Å². The molecule has 0 bridgehead atoms. The highest BCUT2D eigenvalue weighted by Crippen LogP contribution is 2.38. The fourth-order valence-electron chi connectivity index (χ4n) is 3.31. The first-order valence-corrected chi connectivity index (χ1v) is 7.75. The van der Waals surface area contributed by atoms with Gasteiger partial charge >= 0.3 is 0 Å². The van der Waals surface area contributed by atoms with E-state index in [1.807, 2.05) is 6.92 Å². The Kier molecular flexibility index (Phi) is 5.26. The summed E-state index contributed by atoms with van der Waals surface area (Å²) in [4.78, 5) is 0. The van der Waals surface area contributed by atoms with Crippen LogP contribution in [-0.2, 0) is 0 Å². The quantitative estimate of drug-likeness (QED) is 0.635. The summed E-state index contributed by atoms with van der Waals surface area (Å²) < 4.78 is 0. The molecule has 1 saturated carbocycles. The summed E-state index contributed by atoms with van der Waals surface area (Å²) in [6.45, 7) is 4.32. The van der Waals surface area contributed by atoms with Crippen molar-refractivity contribution in [2.24, 2.45) is 17.7 Å². The van der Waals surface area contributed by atoms with E-state index in [1.54, 1.807) is 0 Å². The lowest BCUT2D eigenvalue weighted by Crippen LogP contribution is -2.35. The first-order chi connectivity index (χ1) is 9.15. The molecule has 3 heteroatoms. The van der Waals surface area contributed by atoms with Crippen LogP contribution in [0, 0.1) is 18.8 Å². The molecule has 0 heterocycles. The summed E-state index contributed by atoms with van der Waals surface area (Å²) >= 11 is 6.24. The molecule has 3 unspecified atom stereocenters. The predicted molar refractivity (Wildman–Crippen MR) is 82.0 cm³/mol. The molecule has 0 saturated heterocycles. The van der Waals surface area contributed by atoms with E-state index in [0.717, 1.165) is 16.5 Å². The minimum atomic E-state index is 0.229. The Labute approximate surface area is 121 Å². The van der Waals surface area contributed by atoms with Crippen molar-refractivity contribution in [1.82, 2.24) is 5.43 Å². The highest BCUT2D eigenvalue weighted by molar-refractivity contribution is 6.31. The maximum absolute atomic E-state index is 6.24. The second kappa shape index (κ2) is 6.74. The van der Waals surface area contributed by atoms with Gasteiger partial charge in [0.05, 0.1) is 0 Å². The van der Waals surface area contributed by atoms with E-state index in [9.17, 15) is 0 Å². The van der Waals surface area contributed by atoms with Gasteiger partial charge in [0, 0.05) is 11.1 Å². The highest BCUT2D eigenvalue weighted by Gasteiger charge is 2.28. The van der Waals surface area contributed by atoms with Crippen molar-refractivity contribution < 1.29 is 0 Å². The van der Waals surface area contributed by atoms with Crippen molar-refractivity contribution in [3.05, 3.63) is 34.3 Å². The number of aryl methyl sites for hydroxylation is 1. The molecule has 0 radical (unpaired) electrons. The van der Waals surface area contributed by atoms with Crippen LogP contribution in [0.3, 0.4) is 0 Å². The maximum atomic E-state index is 6.24.